The lowest BCUT2D eigenvalue weighted by Gasteiger charge is -2.12. The molecule has 2 aromatic heterocycles. The Hall–Kier alpha value is -4.21. The fourth-order valence-electron chi connectivity index (χ4n) is 3.87. The third-order valence-electron chi connectivity index (χ3n) is 5.65. The van der Waals surface area contributed by atoms with Crippen LogP contribution < -0.4 is 10.0 Å². The van der Waals surface area contributed by atoms with E-state index in [0.29, 0.717) is 29.3 Å². The highest BCUT2D eigenvalue weighted by Gasteiger charge is 2.15. The molecule has 0 atom stereocenters. The maximum atomic E-state index is 12.8. The number of nitrogens with zero attached hydrogens (tertiary/aromatic N) is 3. The van der Waals surface area contributed by atoms with Crippen LogP contribution in [-0.2, 0) is 10.0 Å². The molecule has 0 bridgehead atoms. The van der Waals surface area contributed by atoms with E-state index in [2.05, 4.69) is 26.7 Å². The number of rotatable bonds is 8. The van der Waals surface area contributed by atoms with E-state index in [1.54, 1.807) is 59.3 Å². The van der Waals surface area contributed by atoms with Crippen LogP contribution in [0.1, 0.15) is 5.56 Å². The molecule has 0 unspecified atom stereocenters. The molecule has 2 heterocycles. The largest absolute Gasteiger partial charge is 0.507 e. The number of fused-ring (bicyclic) bond motifs is 2. The second-order valence-corrected chi connectivity index (χ2v) is 9.68. The average molecular weight is 486 g/mol. The summed E-state index contributed by atoms with van der Waals surface area (Å²) in [7, 11) is -3.68. The number of phenolic OH excluding ortho intramolecular Hbond substituents is 1. The summed E-state index contributed by atoms with van der Waals surface area (Å²) in [6, 6.07) is 21.4. The molecule has 0 aliphatic heterocycles. The van der Waals surface area contributed by atoms with Crippen LogP contribution in [0.25, 0.3) is 33.8 Å². The van der Waals surface area contributed by atoms with Gasteiger partial charge in [0.2, 0.25) is 10.0 Å². The van der Waals surface area contributed by atoms with Crippen molar-refractivity contribution >= 4 is 38.3 Å². The first-order valence-electron chi connectivity index (χ1n) is 11.0. The molecule has 0 aliphatic rings. The molecule has 0 spiro atoms. The monoisotopic (exact) mass is 485 g/mol. The van der Waals surface area contributed by atoms with Crippen molar-refractivity contribution < 1.29 is 13.5 Å². The molecular formula is C26H23N5O3S. The zero-order valence-corrected chi connectivity index (χ0v) is 19.5. The van der Waals surface area contributed by atoms with Crippen LogP contribution in [0, 0.1) is 0 Å². The summed E-state index contributed by atoms with van der Waals surface area (Å²) < 4.78 is 29.9. The Bertz CT molecular complexity index is 1660. The van der Waals surface area contributed by atoms with E-state index in [4.69, 9.17) is 0 Å². The Morgan fingerprint density at radius 2 is 1.74 bits per heavy atom. The summed E-state index contributed by atoms with van der Waals surface area (Å²) in [5.41, 5.74) is 2.44. The number of sulfonamides is 1. The molecule has 0 radical (unpaired) electrons. The predicted molar refractivity (Wildman–Crippen MR) is 138 cm³/mol. The van der Waals surface area contributed by atoms with Gasteiger partial charge in [-0.25, -0.2) is 18.1 Å². The Labute approximate surface area is 202 Å². The summed E-state index contributed by atoms with van der Waals surface area (Å²) in [5.74, 6) is 0.712. The van der Waals surface area contributed by atoms with Crippen LogP contribution in [0.15, 0.2) is 90.5 Å². The molecule has 0 saturated heterocycles. The number of hydrogen-bond donors (Lipinski definition) is 3. The maximum absolute atomic E-state index is 12.8. The highest BCUT2D eigenvalue weighted by Crippen LogP contribution is 2.30. The number of benzene rings is 3. The van der Waals surface area contributed by atoms with Crippen LogP contribution in [0.2, 0.25) is 0 Å². The first kappa shape index (κ1) is 22.6. The molecule has 9 heteroatoms. The average Bonchev–Trinajstić information content (AvgIpc) is 3.30. The lowest BCUT2D eigenvalue weighted by atomic mass is 10.1. The molecule has 35 heavy (non-hydrogen) atoms. The summed E-state index contributed by atoms with van der Waals surface area (Å²) in [4.78, 5) is 4.86. The number of para-hydroxylation sites is 1. The Kier molecular flexibility index (Phi) is 5.94. The molecule has 0 amide bonds. The molecule has 8 nitrogen and oxygen atoms in total. The molecular weight excluding hydrogens is 462 g/mol. The molecule has 0 fully saturated rings. The van der Waals surface area contributed by atoms with Gasteiger partial charge in [0.05, 0.1) is 16.8 Å². The topological polar surface area (TPSA) is 109 Å². The Morgan fingerprint density at radius 1 is 0.971 bits per heavy atom. The van der Waals surface area contributed by atoms with Gasteiger partial charge in [-0.3, -0.25) is 0 Å². The van der Waals surface area contributed by atoms with Gasteiger partial charge in [-0.2, -0.15) is 9.61 Å². The third kappa shape index (κ3) is 4.46. The molecule has 5 aromatic rings. The van der Waals surface area contributed by atoms with Crippen molar-refractivity contribution in [2.75, 3.05) is 18.4 Å². The van der Waals surface area contributed by atoms with E-state index >= 15 is 0 Å². The first-order valence-corrected chi connectivity index (χ1v) is 12.5. The van der Waals surface area contributed by atoms with E-state index < -0.39 is 10.0 Å². The van der Waals surface area contributed by atoms with E-state index in [0.717, 1.165) is 16.3 Å². The van der Waals surface area contributed by atoms with Gasteiger partial charge in [-0.15, -0.1) is 0 Å². The normalized spacial score (nSPS) is 11.7. The quantitative estimate of drug-likeness (QED) is 0.283. The van der Waals surface area contributed by atoms with E-state index in [1.165, 1.54) is 0 Å². The second kappa shape index (κ2) is 9.21. The van der Waals surface area contributed by atoms with Gasteiger partial charge in [-0.1, -0.05) is 55.1 Å². The first-order chi connectivity index (χ1) is 17.0. The summed E-state index contributed by atoms with van der Waals surface area (Å²) in [5, 5.41) is 19.7. The summed E-state index contributed by atoms with van der Waals surface area (Å²) in [6.45, 7) is 4.27. The third-order valence-corrected chi connectivity index (χ3v) is 7.11. The van der Waals surface area contributed by atoms with Gasteiger partial charge < -0.3 is 10.4 Å². The standard InChI is InChI=1S/C26H23N5O3S/c1-2-18-17-28-31-25(16-23(30-26(18)31)22-9-5-6-10-24(22)32)27-13-14-29-35(33,34)21-12-11-19-7-3-4-8-20(19)15-21/h2-12,15-17,27,29,32H,1,13-14H2. The van der Waals surface area contributed by atoms with Gasteiger partial charge in [0, 0.05) is 30.3 Å². The SMILES string of the molecule is C=Cc1cnn2c(NCCNS(=O)(=O)c3ccc4ccccc4c3)cc(-c3ccccc3O)nc12. The number of nitrogens with one attached hydrogen (secondary N) is 2. The smallest absolute Gasteiger partial charge is 0.240 e. The highest BCUT2D eigenvalue weighted by molar-refractivity contribution is 7.89. The van der Waals surface area contributed by atoms with Crippen LogP contribution in [0.4, 0.5) is 5.82 Å². The zero-order valence-electron chi connectivity index (χ0n) is 18.7. The Morgan fingerprint density at radius 3 is 2.54 bits per heavy atom. The summed E-state index contributed by atoms with van der Waals surface area (Å²) >= 11 is 0. The minimum absolute atomic E-state index is 0.109. The fourth-order valence-corrected chi connectivity index (χ4v) is 4.94. The molecule has 176 valence electrons. The van der Waals surface area contributed by atoms with Crippen LogP contribution >= 0.6 is 0 Å². The van der Waals surface area contributed by atoms with Crippen LogP contribution in [0.3, 0.4) is 0 Å². The van der Waals surface area contributed by atoms with Gasteiger partial charge in [0.15, 0.2) is 5.65 Å². The predicted octanol–water partition coefficient (Wildman–Crippen LogP) is 4.29. The van der Waals surface area contributed by atoms with Gasteiger partial charge >= 0.3 is 0 Å². The number of aromatic hydroxyl groups is 1. The lowest BCUT2D eigenvalue weighted by Crippen LogP contribution is -2.29. The highest BCUT2D eigenvalue weighted by atomic mass is 32.2. The number of hydrogen-bond acceptors (Lipinski definition) is 6. The van der Waals surface area contributed by atoms with Crippen molar-refractivity contribution in [3.8, 4) is 17.0 Å². The van der Waals surface area contributed by atoms with E-state index in [-0.39, 0.29) is 17.2 Å². The number of anilines is 1. The molecule has 5 rings (SSSR count). The van der Waals surface area contributed by atoms with E-state index in [1.807, 2.05) is 30.3 Å². The summed E-state index contributed by atoms with van der Waals surface area (Å²) in [6.07, 6.45) is 3.31. The van der Waals surface area contributed by atoms with Crippen molar-refractivity contribution in [3.05, 3.63) is 91.1 Å². The fraction of sp³-hybridized carbons (Fsp3) is 0.0769. The van der Waals surface area contributed by atoms with Gasteiger partial charge in [0.25, 0.3) is 0 Å². The van der Waals surface area contributed by atoms with Crippen LogP contribution in [0.5, 0.6) is 5.75 Å². The molecule has 3 aromatic carbocycles. The van der Waals surface area contributed by atoms with Crippen molar-refractivity contribution in [1.82, 2.24) is 19.3 Å². The zero-order chi connectivity index (χ0) is 24.4. The van der Waals surface area contributed by atoms with Gasteiger partial charge in [0.1, 0.15) is 11.6 Å². The van der Waals surface area contributed by atoms with Crippen molar-refractivity contribution in [3.63, 3.8) is 0 Å². The minimum Gasteiger partial charge on any atom is -0.507 e. The van der Waals surface area contributed by atoms with Crippen molar-refractivity contribution in [2.45, 2.75) is 4.90 Å². The second-order valence-electron chi connectivity index (χ2n) is 7.92. The molecule has 0 saturated carbocycles. The van der Waals surface area contributed by atoms with Crippen molar-refractivity contribution in [1.29, 1.82) is 0 Å². The number of phenols is 1. The molecule has 3 N–H and O–H groups in total. The number of aromatic nitrogens is 3. The van der Waals surface area contributed by atoms with E-state index in [9.17, 15) is 13.5 Å². The van der Waals surface area contributed by atoms with Crippen molar-refractivity contribution in [2.24, 2.45) is 0 Å². The van der Waals surface area contributed by atoms with Gasteiger partial charge in [-0.05, 0) is 35.0 Å². The maximum Gasteiger partial charge on any atom is 0.240 e. The van der Waals surface area contributed by atoms with Crippen LogP contribution in [-0.4, -0.2) is 41.2 Å². The lowest BCUT2D eigenvalue weighted by molar-refractivity contribution is 0.477. The Balaban J connectivity index is 1.36. The molecule has 0 aliphatic carbocycles. The minimum atomic E-state index is -3.68.